The third-order valence-electron chi connectivity index (χ3n) is 2.96. The molecule has 0 aliphatic heterocycles. The lowest BCUT2D eigenvalue weighted by Gasteiger charge is -2.09. The van der Waals surface area contributed by atoms with Crippen LogP contribution in [0.5, 0.6) is 0 Å². The summed E-state index contributed by atoms with van der Waals surface area (Å²) in [7, 11) is 0. The molecule has 0 aliphatic carbocycles. The van der Waals surface area contributed by atoms with E-state index in [1.807, 2.05) is 0 Å². The van der Waals surface area contributed by atoms with Crippen LogP contribution >= 0.6 is 0 Å². The fourth-order valence-electron chi connectivity index (χ4n) is 1.87. The molecule has 2 aromatic rings. The Morgan fingerprint density at radius 3 is 2.86 bits per heavy atom. The van der Waals surface area contributed by atoms with Crippen molar-refractivity contribution in [3.05, 3.63) is 52.1 Å². The fraction of sp³-hybridized carbons (Fsp3) is 0.231. The molecule has 0 spiro atoms. The molecule has 0 amide bonds. The minimum absolute atomic E-state index is 0.00140. The van der Waals surface area contributed by atoms with Crippen molar-refractivity contribution in [1.82, 2.24) is 9.55 Å². The fourth-order valence-corrected chi connectivity index (χ4v) is 1.87. The molecule has 0 saturated heterocycles. The van der Waals surface area contributed by atoms with Crippen LogP contribution in [0.4, 0.5) is 11.4 Å². The van der Waals surface area contributed by atoms with E-state index in [9.17, 15) is 14.9 Å². The average molecular weight is 290 g/mol. The van der Waals surface area contributed by atoms with E-state index in [0.29, 0.717) is 13.1 Å². The predicted octanol–water partition coefficient (Wildman–Crippen LogP) is 1.91. The summed E-state index contributed by atoms with van der Waals surface area (Å²) in [5.74, 6) is -1.06. The number of rotatable bonds is 6. The van der Waals surface area contributed by atoms with Crippen molar-refractivity contribution in [2.45, 2.75) is 13.5 Å². The molecule has 110 valence electrons. The molecule has 2 N–H and O–H groups in total. The summed E-state index contributed by atoms with van der Waals surface area (Å²) in [6, 6.07) is 4.60. The third kappa shape index (κ3) is 3.56. The number of nitrogens with one attached hydrogen (secondary N) is 1. The highest BCUT2D eigenvalue weighted by Crippen LogP contribution is 2.20. The van der Waals surface area contributed by atoms with Crippen molar-refractivity contribution in [2.75, 3.05) is 11.9 Å². The normalized spacial score (nSPS) is 10.3. The number of hydrogen-bond acceptors (Lipinski definition) is 5. The Morgan fingerprint density at radius 2 is 2.29 bits per heavy atom. The van der Waals surface area contributed by atoms with Gasteiger partial charge >= 0.3 is 5.97 Å². The van der Waals surface area contributed by atoms with Gasteiger partial charge in [0.15, 0.2) is 5.69 Å². The number of carboxylic acid groups (broad SMARTS) is 1. The van der Waals surface area contributed by atoms with E-state index in [4.69, 9.17) is 5.11 Å². The van der Waals surface area contributed by atoms with Crippen molar-refractivity contribution < 1.29 is 14.8 Å². The first kappa shape index (κ1) is 14.5. The second kappa shape index (κ2) is 6.04. The number of nitro benzene ring substituents is 1. The van der Waals surface area contributed by atoms with E-state index in [-0.39, 0.29) is 11.4 Å². The molecule has 0 fully saturated rings. The zero-order valence-corrected chi connectivity index (χ0v) is 11.3. The molecule has 8 nitrogen and oxygen atoms in total. The Bertz CT molecular complexity index is 681. The van der Waals surface area contributed by atoms with E-state index in [1.54, 1.807) is 17.6 Å². The van der Waals surface area contributed by atoms with E-state index >= 15 is 0 Å². The maximum absolute atomic E-state index is 10.7. The lowest BCUT2D eigenvalue weighted by molar-refractivity contribution is -0.384. The lowest BCUT2D eigenvalue weighted by Crippen LogP contribution is -2.10. The number of nitrogens with zero attached hydrogens (tertiary/aromatic N) is 3. The van der Waals surface area contributed by atoms with Crippen molar-refractivity contribution in [3.63, 3.8) is 0 Å². The molecule has 0 unspecified atom stereocenters. The Kier molecular flexibility index (Phi) is 4.17. The largest absolute Gasteiger partial charge is 0.476 e. The second-order valence-electron chi connectivity index (χ2n) is 4.48. The quantitative estimate of drug-likeness (QED) is 0.621. The van der Waals surface area contributed by atoms with Crippen LogP contribution in [0.2, 0.25) is 0 Å². The number of benzene rings is 1. The number of aromatic carboxylic acids is 1. The first-order chi connectivity index (χ1) is 9.97. The minimum atomic E-state index is -1.06. The summed E-state index contributed by atoms with van der Waals surface area (Å²) in [5, 5.41) is 22.6. The number of non-ortho nitro benzene ring substituents is 1. The van der Waals surface area contributed by atoms with Gasteiger partial charge in [0.2, 0.25) is 0 Å². The van der Waals surface area contributed by atoms with Gasteiger partial charge in [-0.2, -0.15) is 0 Å². The van der Waals surface area contributed by atoms with Crippen LogP contribution < -0.4 is 5.32 Å². The Hall–Kier alpha value is -2.90. The van der Waals surface area contributed by atoms with Crippen molar-refractivity contribution in [1.29, 1.82) is 0 Å². The lowest BCUT2D eigenvalue weighted by atomic mass is 10.2. The van der Waals surface area contributed by atoms with Gasteiger partial charge in [0.1, 0.15) is 0 Å². The van der Waals surface area contributed by atoms with Gasteiger partial charge in [0.05, 0.1) is 11.3 Å². The van der Waals surface area contributed by atoms with Crippen LogP contribution in [0, 0.1) is 17.0 Å². The monoisotopic (exact) mass is 290 g/mol. The highest BCUT2D eigenvalue weighted by molar-refractivity contribution is 5.84. The van der Waals surface area contributed by atoms with Gasteiger partial charge in [0.25, 0.3) is 5.69 Å². The molecule has 0 aliphatic rings. The molecular weight excluding hydrogens is 276 g/mol. The van der Waals surface area contributed by atoms with Crippen LogP contribution in [0.3, 0.4) is 0 Å². The summed E-state index contributed by atoms with van der Waals surface area (Å²) in [4.78, 5) is 24.7. The zero-order valence-electron chi connectivity index (χ0n) is 11.3. The van der Waals surface area contributed by atoms with Gasteiger partial charge in [0, 0.05) is 37.1 Å². The minimum Gasteiger partial charge on any atom is -0.476 e. The van der Waals surface area contributed by atoms with E-state index < -0.39 is 10.9 Å². The molecule has 8 heteroatoms. The van der Waals surface area contributed by atoms with E-state index in [0.717, 1.165) is 11.3 Å². The van der Waals surface area contributed by atoms with Gasteiger partial charge in [-0.15, -0.1) is 0 Å². The standard InChI is InChI=1S/C13H14N4O4/c1-9-6-10(17(20)21)2-3-11(9)14-4-5-16-7-12(13(18)19)15-8-16/h2-3,6-8,14H,4-5H2,1H3,(H,18,19). The number of aromatic nitrogens is 2. The molecule has 1 aromatic heterocycles. The number of carboxylic acids is 1. The van der Waals surface area contributed by atoms with Gasteiger partial charge in [-0.05, 0) is 18.6 Å². The van der Waals surface area contributed by atoms with Gasteiger partial charge < -0.3 is 15.0 Å². The summed E-state index contributed by atoms with van der Waals surface area (Å²) < 4.78 is 1.66. The maximum atomic E-state index is 10.7. The Morgan fingerprint density at radius 1 is 1.52 bits per heavy atom. The zero-order chi connectivity index (χ0) is 15.4. The number of imidazole rings is 1. The number of anilines is 1. The van der Waals surface area contributed by atoms with E-state index in [2.05, 4.69) is 10.3 Å². The number of carbonyl (C=O) groups is 1. The van der Waals surface area contributed by atoms with Crippen LogP contribution in [0.15, 0.2) is 30.7 Å². The molecule has 0 bridgehead atoms. The molecule has 2 rings (SSSR count). The van der Waals surface area contributed by atoms with Crippen LogP contribution in [-0.4, -0.2) is 32.1 Å². The highest BCUT2D eigenvalue weighted by Gasteiger charge is 2.08. The van der Waals surface area contributed by atoms with Gasteiger partial charge in [-0.25, -0.2) is 9.78 Å². The van der Waals surface area contributed by atoms with Crippen LogP contribution in [0.25, 0.3) is 0 Å². The molecule has 0 atom stereocenters. The molecule has 1 heterocycles. The maximum Gasteiger partial charge on any atom is 0.356 e. The SMILES string of the molecule is Cc1cc([N+](=O)[O-])ccc1NCCn1cnc(C(=O)O)c1. The van der Waals surface area contributed by atoms with Crippen molar-refractivity contribution in [3.8, 4) is 0 Å². The molecule has 1 aromatic carbocycles. The second-order valence-corrected chi connectivity index (χ2v) is 4.48. The number of aryl methyl sites for hydroxylation is 1. The van der Waals surface area contributed by atoms with Crippen molar-refractivity contribution in [2.24, 2.45) is 0 Å². The summed E-state index contributed by atoms with van der Waals surface area (Å²) in [6.07, 6.45) is 2.90. The van der Waals surface area contributed by atoms with Crippen LogP contribution in [-0.2, 0) is 6.54 Å². The smallest absolute Gasteiger partial charge is 0.356 e. The summed E-state index contributed by atoms with van der Waals surface area (Å²) in [6.45, 7) is 2.87. The average Bonchev–Trinajstić information content (AvgIpc) is 2.89. The summed E-state index contributed by atoms with van der Waals surface area (Å²) in [5.41, 5.74) is 1.64. The molecule has 0 radical (unpaired) electrons. The predicted molar refractivity (Wildman–Crippen MR) is 75.5 cm³/mol. The van der Waals surface area contributed by atoms with Crippen LogP contribution in [0.1, 0.15) is 16.1 Å². The molecule has 0 saturated carbocycles. The first-order valence-corrected chi connectivity index (χ1v) is 6.21. The van der Waals surface area contributed by atoms with Gasteiger partial charge in [-0.3, -0.25) is 10.1 Å². The Labute approximate surface area is 120 Å². The topological polar surface area (TPSA) is 110 Å². The summed E-state index contributed by atoms with van der Waals surface area (Å²) >= 11 is 0. The number of hydrogen-bond donors (Lipinski definition) is 2. The van der Waals surface area contributed by atoms with E-state index in [1.165, 1.54) is 24.7 Å². The first-order valence-electron chi connectivity index (χ1n) is 6.21. The van der Waals surface area contributed by atoms with Crippen molar-refractivity contribution >= 4 is 17.3 Å². The highest BCUT2D eigenvalue weighted by atomic mass is 16.6. The van der Waals surface area contributed by atoms with Gasteiger partial charge in [-0.1, -0.05) is 0 Å². The Balaban J connectivity index is 1.93. The third-order valence-corrected chi connectivity index (χ3v) is 2.96. The molecule has 21 heavy (non-hydrogen) atoms. The molecular formula is C13H14N4O4. The number of nitro groups is 1.